The number of sulfone groups is 1. The lowest BCUT2D eigenvalue weighted by Gasteiger charge is -2.25. The SMILES string of the molecule is Cc1ccc(S(=O)(=O)c2csc3c2NC(=O)C[C@@H]3c2cc(C)ccc2C)cc1. The summed E-state index contributed by atoms with van der Waals surface area (Å²) in [7, 11) is -3.71. The molecule has 0 saturated heterocycles. The van der Waals surface area contributed by atoms with Gasteiger partial charge in [-0.25, -0.2) is 8.42 Å². The molecule has 0 unspecified atom stereocenters. The van der Waals surface area contributed by atoms with Crippen molar-refractivity contribution in [1.29, 1.82) is 0 Å². The molecule has 0 saturated carbocycles. The van der Waals surface area contributed by atoms with E-state index in [0.29, 0.717) is 12.1 Å². The topological polar surface area (TPSA) is 63.2 Å². The number of carbonyl (C=O) groups excluding carboxylic acids is 1. The van der Waals surface area contributed by atoms with Gasteiger partial charge in [0, 0.05) is 22.6 Å². The molecule has 6 heteroatoms. The molecule has 1 amide bonds. The number of rotatable bonds is 3. The standard InChI is InChI=1S/C22H21NO3S2/c1-13-5-8-16(9-6-13)28(25,26)19-12-27-22-18(11-20(24)23-21(19)22)17-10-14(2)4-7-15(17)3/h4-10,12,18H,11H2,1-3H3,(H,23,24)/t18-/m1/s1. The Kier molecular flexibility index (Phi) is 4.63. The van der Waals surface area contributed by atoms with Gasteiger partial charge in [-0.15, -0.1) is 11.3 Å². The molecule has 1 aliphatic heterocycles. The van der Waals surface area contributed by atoms with Crippen LogP contribution in [-0.4, -0.2) is 14.3 Å². The molecule has 0 radical (unpaired) electrons. The number of hydrogen-bond donors (Lipinski definition) is 1. The summed E-state index contributed by atoms with van der Waals surface area (Å²) in [5.41, 5.74) is 4.74. The van der Waals surface area contributed by atoms with Crippen LogP contribution in [0.3, 0.4) is 0 Å². The monoisotopic (exact) mass is 411 g/mol. The fourth-order valence-corrected chi connectivity index (χ4v) is 6.53. The van der Waals surface area contributed by atoms with E-state index in [2.05, 4.69) is 17.4 Å². The van der Waals surface area contributed by atoms with E-state index in [9.17, 15) is 13.2 Å². The molecule has 0 spiro atoms. The maximum atomic E-state index is 13.2. The fourth-order valence-electron chi connectivity index (χ4n) is 3.63. The summed E-state index contributed by atoms with van der Waals surface area (Å²) in [6.07, 6.45) is 0.321. The second kappa shape index (κ2) is 6.87. The highest BCUT2D eigenvalue weighted by Gasteiger charge is 2.34. The predicted molar refractivity (Wildman–Crippen MR) is 112 cm³/mol. The van der Waals surface area contributed by atoms with E-state index in [1.165, 1.54) is 11.3 Å². The maximum Gasteiger partial charge on any atom is 0.225 e. The first-order valence-electron chi connectivity index (χ1n) is 9.07. The summed E-state index contributed by atoms with van der Waals surface area (Å²) in [5, 5.41) is 4.48. The summed E-state index contributed by atoms with van der Waals surface area (Å²) in [6.45, 7) is 5.96. The minimum atomic E-state index is -3.71. The van der Waals surface area contributed by atoms with Crippen molar-refractivity contribution < 1.29 is 13.2 Å². The summed E-state index contributed by atoms with van der Waals surface area (Å²) < 4.78 is 26.4. The van der Waals surface area contributed by atoms with Crippen molar-refractivity contribution in [2.24, 2.45) is 0 Å². The first kappa shape index (κ1) is 18.9. The Labute approximate surface area is 169 Å². The second-order valence-electron chi connectivity index (χ2n) is 7.32. The summed E-state index contributed by atoms with van der Waals surface area (Å²) in [5.74, 6) is -0.284. The molecule has 2 heterocycles. The number of benzene rings is 2. The molecular weight excluding hydrogens is 390 g/mol. The molecule has 144 valence electrons. The zero-order chi connectivity index (χ0) is 20.1. The van der Waals surface area contributed by atoms with Crippen LogP contribution in [0, 0.1) is 20.8 Å². The Bertz CT molecular complexity index is 1170. The zero-order valence-electron chi connectivity index (χ0n) is 15.9. The average molecular weight is 412 g/mol. The molecule has 4 nitrogen and oxygen atoms in total. The smallest absolute Gasteiger partial charge is 0.225 e. The third kappa shape index (κ3) is 3.16. The van der Waals surface area contributed by atoms with E-state index in [-0.39, 0.29) is 21.6 Å². The second-order valence-corrected chi connectivity index (χ2v) is 10.1. The van der Waals surface area contributed by atoms with Gasteiger partial charge < -0.3 is 5.32 Å². The van der Waals surface area contributed by atoms with Crippen molar-refractivity contribution in [2.45, 2.75) is 42.9 Å². The van der Waals surface area contributed by atoms with Crippen molar-refractivity contribution in [2.75, 3.05) is 5.32 Å². The molecule has 28 heavy (non-hydrogen) atoms. The highest BCUT2D eigenvalue weighted by molar-refractivity contribution is 7.91. The van der Waals surface area contributed by atoms with Crippen LogP contribution in [0.15, 0.2) is 57.6 Å². The quantitative estimate of drug-likeness (QED) is 0.661. The van der Waals surface area contributed by atoms with E-state index in [0.717, 1.165) is 27.1 Å². The predicted octanol–water partition coefficient (Wildman–Crippen LogP) is 4.98. The van der Waals surface area contributed by atoms with Crippen LogP contribution in [0.1, 0.15) is 39.5 Å². The lowest BCUT2D eigenvalue weighted by atomic mass is 9.87. The number of fused-ring (bicyclic) bond motifs is 1. The molecule has 1 atom stereocenters. The molecule has 3 aromatic rings. The molecule has 1 aliphatic rings. The van der Waals surface area contributed by atoms with Gasteiger partial charge in [0.05, 0.1) is 10.6 Å². The summed E-state index contributed by atoms with van der Waals surface area (Å²) >= 11 is 1.40. The zero-order valence-corrected chi connectivity index (χ0v) is 17.6. The van der Waals surface area contributed by atoms with Crippen LogP contribution in [-0.2, 0) is 14.6 Å². The Morgan fingerprint density at radius 2 is 1.68 bits per heavy atom. The Balaban J connectivity index is 1.85. The number of carbonyl (C=O) groups is 1. The Morgan fingerprint density at radius 1 is 1.00 bits per heavy atom. The normalized spacial score (nSPS) is 16.5. The molecule has 4 rings (SSSR count). The highest BCUT2D eigenvalue weighted by Crippen LogP contribution is 2.46. The molecule has 0 aliphatic carbocycles. The number of thiophene rings is 1. The van der Waals surface area contributed by atoms with Gasteiger partial charge >= 0.3 is 0 Å². The van der Waals surface area contributed by atoms with Gasteiger partial charge in [-0.2, -0.15) is 0 Å². The van der Waals surface area contributed by atoms with Gasteiger partial charge in [0.1, 0.15) is 4.90 Å². The lowest BCUT2D eigenvalue weighted by molar-refractivity contribution is -0.116. The van der Waals surface area contributed by atoms with Crippen LogP contribution >= 0.6 is 11.3 Å². The first-order chi connectivity index (χ1) is 13.3. The largest absolute Gasteiger partial charge is 0.324 e. The first-order valence-corrected chi connectivity index (χ1v) is 11.4. The number of aryl methyl sites for hydroxylation is 3. The number of anilines is 1. The third-order valence-electron chi connectivity index (χ3n) is 5.19. The van der Waals surface area contributed by atoms with Gasteiger partial charge in [0.2, 0.25) is 15.7 Å². The van der Waals surface area contributed by atoms with Crippen LogP contribution in [0.2, 0.25) is 0 Å². The number of nitrogens with one attached hydrogen (secondary N) is 1. The van der Waals surface area contributed by atoms with E-state index in [1.54, 1.807) is 29.6 Å². The van der Waals surface area contributed by atoms with Gasteiger partial charge in [-0.3, -0.25) is 4.79 Å². The van der Waals surface area contributed by atoms with E-state index < -0.39 is 9.84 Å². The van der Waals surface area contributed by atoms with Crippen molar-refractivity contribution in [3.8, 4) is 0 Å². The lowest BCUT2D eigenvalue weighted by Crippen LogP contribution is -2.24. The van der Waals surface area contributed by atoms with Gasteiger partial charge in [-0.1, -0.05) is 41.5 Å². The van der Waals surface area contributed by atoms with E-state index in [4.69, 9.17) is 0 Å². The number of hydrogen-bond acceptors (Lipinski definition) is 4. The van der Waals surface area contributed by atoms with Crippen molar-refractivity contribution in [1.82, 2.24) is 0 Å². The molecule has 0 fully saturated rings. The van der Waals surface area contributed by atoms with Crippen molar-refractivity contribution in [3.63, 3.8) is 0 Å². The molecule has 1 aromatic heterocycles. The third-order valence-corrected chi connectivity index (χ3v) is 8.23. The van der Waals surface area contributed by atoms with Gasteiger partial charge in [-0.05, 0) is 44.0 Å². The van der Waals surface area contributed by atoms with Crippen LogP contribution in [0.5, 0.6) is 0 Å². The van der Waals surface area contributed by atoms with Gasteiger partial charge in [0.25, 0.3) is 0 Å². The Hall–Kier alpha value is -2.44. The van der Waals surface area contributed by atoms with Crippen LogP contribution in [0.4, 0.5) is 5.69 Å². The summed E-state index contributed by atoms with van der Waals surface area (Å²) in [4.78, 5) is 13.8. The van der Waals surface area contributed by atoms with E-state index >= 15 is 0 Å². The van der Waals surface area contributed by atoms with Gasteiger partial charge in [0.15, 0.2) is 0 Å². The molecule has 2 aromatic carbocycles. The maximum absolute atomic E-state index is 13.2. The van der Waals surface area contributed by atoms with Crippen molar-refractivity contribution in [3.05, 3.63) is 75.0 Å². The minimum absolute atomic E-state index is 0.129. The van der Waals surface area contributed by atoms with Crippen molar-refractivity contribution >= 4 is 32.8 Å². The van der Waals surface area contributed by atoms with Crippen LogP contribution in [0.25, 0.3) is 0 Å². The van der Waals surface area contributed by atoms with E-state index in [1.807, 2.05) is 26.8 Å². The number of amides is 1. The highest BCUT2D eigenvalue weighted by atomic mass is 32.2. The Morgan fingerprint density at radius 3 is 2.39 bits per heavy atom. The molecule has 0 bridgehead atoms. The van der Waals surface area contributed by atoms with Crippen LogP contribution < -0.4 is 5.32 Å². The average Bonchev–Trinajstić information content (AvgIpc) is 3.08. The molecule has 1 N–H and O–H groups in total. The summed E-state index contributed by atoms with van der Waals surface area (Å²) in [6, 6.07) is 13.0. The molecular formula is C22H21NO3S2. The minimum Gasteiger partial charge on any atom is -0.324 e. The fraction of sp³-hybridized carbons (Fsp3) is 0.227.